The quantitative estimate of drug-likeness (QED) is 0.433. The summed E-state index contributed by atoms with van der Waals surface area (Å²) >= 11 is 0. The third-order valence-electron chi connectivity index (χ3n) is 4.85. The number of carbonyl (C=O) groups excluding carboxylic acids is 1. The minimum atomic E-state index is -0.104. The lowest BCUT2D eigenvalue weighted by Crippen LogP contribution is -2.25. The first-order valence-electron chi connectivity index (χ1n) is 10.1. The zero-order valence-electron chi connectivity index (χ0n) is 16.7. The molecule has 152 valence electrons. The van der Waals surface area contributed by atoms with Gasteiger partial charge in [0.15, 0.2) is 0 Å². The fourth-order valence-electron chi connectivity index (χ4n) is 3.38. The molecule has 1 N–H and O–H groups in total. The summed E-state index contributed by atoms with van der Waals surface area (Å²) in [5.41, 5.74) is 2.65. The molecule has 0 radical (unpaired) electrons. The lowest BCUT2D eigenvalue weighted by atomic mass is 10.2. The molecule has 1 amide bonds. The lowest BCUT2D eigenvalue weighted by Gasteiger charge is -2.11. The summed E-state index contributed by atoms with van der Waals surface area (Å²) in [6.45, 7) is 1.86. The number of nitrogens with one attached hydrogen (secondary N) is 1. The molecule has 6 heteroatoms. The number of aryl methyl sites for hydroxylation is 1. The highest BCUT2D eigenvalue weighted by Gasteiger charge is 2.11. The normalized spacial score (nSPS) is 10.8. The van der Waals surface area contributed by atoms with Gasteiger partial charge < -0.3 is 14.6 Å². The molecule has 0 atom stereocenters. The molecule has 2 aromatic carbocycles. The summed E-state index contributed by atoms with van der Waals surface area (Å²) in [4.78, 5) is 20.9. The van der Waals surface area contributed by atoms with E-state index in [1.807, 2.05) is 48.5 Å². The van der Waals surface area contributed by atoms with Crippen molar-refractivity contribution in [2.75, 3.05) is 13.2 Å². The van der Waals surface area contributed by atoms with E-state index in [-0.39, 0.29) is 5.91 Å². The largest absolute Gasteiger partial charge is 0.492 e. The first kappa shape index (κ1) is 19.6. The van der Waals surface area contributed by atoms with E-state index in [0.29, 0.717) is 25.3 Å². The van der Waals surface area contributed by atoms with Gasteiger partial charge in [0.05, 0.1) is 23.1 Å². The predicted molar refractivity (Wildman–Crippen MR) is 117 cm³/mol. The van der Waals surface area contributed by atoms with Crippen LogP contribution in [-0.4, -0.2) is 33.6 Å². The van der Waals surface area contributed by atoms with Gasteiger partial charge in [-0.3, -0.25) is 9.78 Å². The van der Waals surface area contributed by atoms with Crippen LogP contribution in [0.1, 0.15) is 22.6 Å². The molecule has 6 nitrogen and oxygen atoms in total. The van der Waals surface area contributed by atoms with E-state index in [0.717, 1.165) is 35.4 Å². The monoisotopic (exact) mass is 400 g/mol. The third-order valence-corrected chi connectivity index (χ3v) is 4.85. The standard InChI is InChI=1S/C24H24N4O2/c29-24(19-8-6-14-25-18-19)26-15-7-13-23-27-21-11-4-5-12-22(21)28(23)16-17-30-20-9-2-1-3-10-20/h1-6,8-12,14,18H,7,13,15-17H2,(H,26,29). The number of hydrogen-bond donors (Lipinski definition) is 1. The summed E-state index contributed by atoms with van der Waals surface area (Å²) in [6, 6.07) is 21.5. The molecule has 2 heterocycles. The summed E-state index contributed by atoms with van der Waals surface area (Å²) in [5.74, 6) is 1.76. The minimum absolute atomic E-state index is 0.104. The van der Waals surface area contributed by atoms with E-state index in [9.17, 15) is 4.79 Å². The molecular weight excluding hydrogens is 376 g/mol. The lowest BCUT2D eigenvalue weighted by molar-refractivity contribution is 0.0953. The number of para-hydroxylation sites is 3. The van der Waals surface area contributed by atoms with Crippen LogP contribution in [0, 0.1) is 0 Å². The number of carbonyl (C=O) groups is 1. The number of rotatable bonds is 9. The van der Waals surface area contributed by atoms with Crippen molar-refractivity contribution in [1.29, 1.82) is 0 Å². The van der Waals surface area contributed by atoms with Crippen LogP contribution >= 0.6 is 0 Å². The second-order valence-corrected chi connectivity index (χ2v) is 6.93. The Balaban J connectivity index is 1.36. The van der Waals surface area contributed by atoms with Crippen LogP contribution in [0.4, 0.5) is 0 Å². The van der Waals surface area contributed by atoms with Crippen LogP contribution in [-0.2, 0) is 13.0 Å². The van der Waals surface area contributed by atoms with Gasteiger partial charge in [0.2, 0.25) is 0 Å². The minimum Gasteiger partial charge on any atom is -0.492 e. The summed E-state index contributed by atoms with van der Waals surface area (Å²) in [6.07, 6.45) is 4.80. The average Bonchev–Trinajstić information content (AvgIpc) is 3.15. The zero-order chi connectivity index (χ0) is 20.6. The van der Waals surface area contributed by atoms with Crippen LogP contribution < -0.4 is 10.1 Å². The Bertz CT molecular complexity index is 1090. The number of pyridine rings is 1. The predicted octanol–water partition coefficient (Wildman–Crippen LogP) is 3.87. The number of ether oxygens (including phenoxy) is 1. The van der Waals surface area contributed by atoms with Crippen molar-refractivity contribution in [2.24, 2.45) is 0 Å². The van der Waals surface area contributed by atoms with Crippen molar-refractivity contribution < 1.29 is 9.53 Å². The number of benzene rings is 2. The molecule has 0 bridgehead atoms. The maximum Gasteiger partial charge on any atom is 0.252 e. The Kier molecular flexibility index (Phi) is 6.35. The smallest absolute Gasteiger partial charge is 0.252 e. The van der Waals surface area contributed by atoms with Gasteiger partial charge in [-0.05, 0) is 42.8 Å². The van der Waals surface area contributed by atoms with E-state index in [1.165, 1.54) is 0 Å². The van der Waals surface area contributed by atoms with Gasteiger partial charge in [-0.1, -0.05) is 30.3 Å². The topological polar surface area (TPSA) is 69.0 Å². The first-order chi connectivity index (χ1) is 14.8. The molecule has 4 rings (SSSR count). The van der Waals surface area contributed by atoms with Crippen molar-refractivity contribution in [3.63, 3.8) is 0 Å². The fraction of sp³-hybridized carbons (Fsp3) is 0.208. The SMILES string of the molecule is O=C(NCCCc1nc2ccccc2n1CCOc1ccccc1)c1cccnc1. The Morgan fingerprint density at radius 3 is 2.67 bits per heavy atom. The number of fused-ring (bicyclic) bond motifs is 1. The molecule has 0 spiro atoms. The van der Waals surface area contributed by atoms with Crippen LogP contribution in [0.25, 0.3) is 11.0 Å². The molecule has 0 saturated heterocycles. The maximum atomic E-state index is 12.2. The number of amides is 1. The average molecular weight is 400 g/mol. The van der Waals surface area contributed by atoms with Crippen molar-refractivity contribution in [1.82, 2.24) is 19.9 Å². The van der Waals surface area contributed by atoms with Crippen LogP contribution in [0.3, 0.4) is 0 Å². The number of imidazole rings is 1. The second-order valence-electron chi connectivity index (χ2n) is 6.93. The molecule has 0 aliphatic carbocycles. The summed E-state index contributed by atoms with van der Waals surface area (Å²) < 4.78 is 8.09. The summed E-state index contributed by atoms with van der Waals surface area (Å²) in [5, 5.41) is 2.95. The van der Waals surface area contributed by atoms with Gasteiger partial charge in [0.25, 0.3) is 5.91 Å². The molecule has 0 fully saturated rings. The molecule has 0 unspecified atom stereocenters. The van der Waals surface area contributed by atoms with Gasteiger partial charge in [0.1, 0.15) is 18.2 Å². The molecule has 30 heavy (non-hydrogen) atoms. The van der Waals surface area contributed by atoms with Crippen molar-refractivity contribution in [3.05, 3.63) is 90.5 Å². The molecule has 4 aromatic rings. The van der Waals surface area contributed by atoms with E-state index < -0.39 is 0 Å². The number of aromatic nitrogens is 3. The Labute approximate surface area is 175 Å². The highest BCUT2D eigenvalue weighted by molar-refractivity contribution is 5.93. The highest BCUT2D eigenvalue weighted by atomic mass is 16.5. The van der Waals surface area contributed by atoms with Gasteiger partial charge in [-0.2, -0.15) is 0 Å². The molecule has 0 saturated carbocycles. The second kappa shape index (κ2) is 9.69. The van der Waals surface area contributed by atoms with Crippen LogP contribution in [0.5, 0.6) is 5.75 Å². The first-order valence-corrected chi connectivity index (χ1v) is 10.1. The van der Waals surface area contributed by atoms with E-state index >= 15 is 0 Å². The van der Waals surface area contributed by atoms with Gasteiger partial charge in [0, 0.05) is 25.4 Å². The molecule has 2 aromatic heterocycles. The van der Waals surface area contributed by atoms with Crippen LogP contribution in [0.2, 0.25) is 0 Å². The van der Waals surface area contributed by atoms with E-state index in [1.54, 1.807) is 24.5 Å². The molecular formula is C24H24N4O2. The van der Waals surface area contributed by atoms with Gasteiger partial charge in [-0.25, -0.2) is 4.98 Å². The van der Waals surface area contributed by atoms with E-state index in [4.69, 9.17) is 9.72 Å². The number of nitrogens with zero attached hydrogens (tertiary/aromatic N) is 3. The van der Waals surface area contributed by atoms with Crippen molar-refractivity contribution in [2.45, 2.75) is 19.4 Å². The van der Waals surface area contributed by atoms with Crippen molar-refractivity contribution in [3.8, 4) is 5.75 Å². The van der Waals surface area contributed by atoms with E-state index in [2.05, 4.69) is 20.9 Å². The Morgan fingerprint density at radius 2 is 1.83 bits per heavy atom. The summed E-state index contributed by atoms with van der Waals surface area (Å²) in [7, 11) is 0. The fourth-order valence-corrected chi connectivity index (χ4v) is 3.38. The molecule has 0 aliphatic heterocycles. The Morgan fingerprint density at radius 1 is 1.00 bits per heavy atom. The maximum absolute atomic E-state index is 12.2. The Hall–Kier alpha value is -3.67. The highest BCUT2D eigenvalue weighted by Crippen LogP contribution is 2.17. The van der Waals surface area contributed by atoms with Gasteiger partial charge >= 0.3 is 0 Å². The zero-order valence-corrected chi connectivity index (χ0v) is 16.7. The van der Waals surface area contributed by atoms with Crippen molar-refractivity contribution >= 4 is 16.9 Å². The van der Waals surface area contributed by atoms with Gasteiger partial charge in [-0.15, -0.1) is 0 Å². The third kappa shape index (κ3) is 4.84. The number of hydrogen-bond acceptors (Lipinski definition) is 4. The molecule has 0 aliphatic rings. The van der Waals surface area contributed by atoms with Crippen LogP contribution in [0.15, 0.2) is 79.1 Å².